The van der Waals surface area contributed by atoms with Gasteiger partial charge in [0.05, 0.1) is 5.69 Å². The standard InChI is InChI=1S/C15H23N3O/c1-3-12-4-5-14(16-10-12)11-18(2)9-8-15(19)17-13-6-7-13/h4-5,10,13H,3,6-9,11H2,1-2H3,(H,17,19). The van der Waals surface area contributed by atoms with Crippen molar-refractivity contribution in [1.29, 1.82) is 0 Å². The molecule has 1 aromatic rings. The quantitative estimate of drug-likeness (QED) is 0.813. The third kappa shape index (κ3) is 4.99. The Balaban J connectivity index is 1.70. The van der Waals surface area contributed by atoms with Crippen molar-refractivity contribution in [1.82, 2.24) is 15.2 Å². The van der Waals surface area contributed by atoms with E-state index < -0.39 is 0 Å². The van der Waals surface area contributed by atoms with Gasteiger partial charge in [-0.15, -0.1) is 0 Å². The zero-order valence-electron chi connectivity index (χ0n) is 11.9. The molecule has 0 aromatic carbocycles. The van der Waals surface area contributed by atoms with Crippen LogP contribution >= 0.6 is 0 Å². The maximum Gasteiger partial charge on any atom is 0.221 e. The lowest BCUT2D eigenvalue weighted by atomic mass is 10.2. The Kier molecular flexibility index (Phi) is 4.91. The van der Waals surface area contributed by atoms with Gasteiger partial charge in [0.1, 0.15) is 0 Å². The number of hydrogen-bond acceptors (Lipinski definition) is 3. The molecule has 4 heteroatoms. The van der Waals surface area contributed by atoms with Crippen LogP contribution in [0, 0.1) is 0 Å². The average Bonchev–Trinajstić information content (AvgIpc) is 3.21. The molecule has 1 aliphatic rings. The van der Waals surface area contributed by atoms with Crippen molar-refractivity contribution < 1.29 is 4.79 Å². The molecule has 1 heterocycles. The number of nitrogens with zero attached hydrogens (tertiary/aromatic N) is 2. The molecular weight excluding hydrogens is 238 g/mol. The summed E-state index contributed by atoms with van der Waals surface area (Å²) in [4.78, 5) is 18.2. The molecule has 0 bridgehead atoms. The van der Waals surface area contributed by atoms with E-state index in [-0.39, 0.29) is 5.91 Å². The van der Waals surface area contributed by atoms with Crippen LogP contribution in [-0.4, -0.2) is 35.4 Å². The number of hydrogen-bond donors (Lipinski definition) is 1. The van der Waals surface area contributed by atoms with E-state index in [0.717, 1.165) is 38.0 Å². The topological polar surface area (TPSA) is 45.2 Å². The van der Waals surface area contributed by atoms with Gasteiger partial charge in [-0.1, -0.05) is 13.0 Å². The van der Waals surface area contributed by atoms with Gasteiger partial charge in [-0.25, -0.2) is 0 Å². The second-order valence-corrected chi connectivity index (χ2v) is 5.34. The third-order valence-corrected chi connectivity index (χ3v) is 3.39. The highest BCUT2D eigenvalue weighted by molar-refractivity contribution is 5.76. The van der Waals surface area contributed by atoms with E-state index in [9.17, 15) is 4.79 Å². The summed E-state index contributed by atoms with van der Waals surface area (Å²) in [6.07, 6.45) is 5.82. The smallest absolute Gasteiger partial charge is 0.221 e. The first-order valence-electron chi connectivity index (χ1n) is 7.09. The predicted octanol–water partition coefficient (Wildman–Crippen LogP) is 1.74. The second-order valence-electron chi connectivity index (χ2n) is 5.34. The molecule has 1 N–H and O–H groups in total. The molecule has 1 saturated carbocycles. The minimum Gasteiger partial charge on any atom is -0.353 e. The Morgan fingerprint density at radius 3 is 2.84 bits per heavy atom. The fourth-order valence-electron chi connectivity index (χ4n) is 1.93. The summed E-state index contributed by atoms with van der Waals surface area (Å²) in [6, 6.07) is 4.65. The fraction of sp³-hybridized carbons (Fsp3) is 0.600. The molecule has 0 spiro atoms. The molecule has 0 unspecified atom stereocenters. The Morgan fingerprint density at radius 2 is 2.26 bits per heavy atom. The van der Waals surface area contributed by atoms with Crippen LogP contribution in [0.4, 0.5) is 0 Å². The molecule has 19 heavy (non-hydrogen) atoms. The van der Waals surface area contributed by atoms with Gasteiger partial charge >= 0.3 is 0 Å². The van der Waals surface area contributed by atoms with Gasteiger partial charge in [0.25, 0.3) is 0 Å². The summed E-state index contributed by atoms with van der Waals surface area (Å²) in [7, 11) is 2.03. The van der Waals surface area contributed by atoms with Crippen molar-refractivity contribution in [2.24, 2.45) is 0 Å². The van der Waals surface area contributed by atoms with E-state index in [2.05, 4.69) is 34.3 Å². The third-order valence-electron chi connectivity index (χ3n) is 3.39. The lowest BCUT2D eigenvalue weighted by molar-refractivity contribution is -0.121. The molecule has 1 amide bonds. The maximum atomic E-state index is 11.6. The van der Waals surface area contributed by atoms with Crippen molar-refractivity contribution in [3.8, 4) is 0 Å². The lowest BCUT2D eigenvalue weighted by Crippen LogP contribution is -2.30. The summed E-state index contributed by atoms with van der Waals surface area (Å²) in [6.45, 7) is 3.69. The van der Waals surface area contributed by atoms with Gasteiger partial charge in [-0.2, -0.15) is 0 Å². The first-order valence-corrected chi connectivity index (χ1v) is 7.09. The van der Waals surface area contributed by atoms with Gasteiger partial charge in [-0.05, 0) is 37.9 Å². The molecular formula is C15H23N3O. The highest BCUT2D eigenvalue weighted by Crippen LogP contribution is 2.18. The van der Waals surface area contributed by atoms with E-state index in [4.69, 9.17) is 0 Å². The minimum absolute atomic E-state index is 0.170. The molecule has 0 aliphatic heterocycles. The molecule has 0 radical (unpaired) electrons. The van der Waals surface area contributed by atoms with Crippen LogP contribution in [0.5, 0.6) is 0 Å². The maximum absolute atomic E-state index is 11.6. The highest BCUT2D eigenvalue weighted by atomic mass is 16.1. The molecule has 1 aromatic heterocycles. The Bertz CT molecular complexity index is 412. The SMILES string of the molecule is CCc1ccc(CN(C)CCC(=O)NC2CC2)nc1. The van der Waals surface area contributed by atoms with Gasteiger partial charge in [0.15, 0.2) is 0 Å². The van der Waals surface area contributed by atoms with E-state index in [1.54, 1.807) is 0 Å². The van der Waals surface area contributed by atoms with Gasteiger partial charge in [0, 0.05) is 31.7 Å². The van der Waals surface area contributed by atoms with Crippen LogP contribution in [0.2, 0.25) is 0 Å². The average molecular weight is 261 g/mol. The zero-order valence-corrected chi connectivity index (χ0v) is 11.9. The Labute approximate surface area is 115 Å². The van der Waals surface area contributed by atoms with Crippen LogP contribution in [0.1, 0.15) is 37.4 Å². The Hall–Kier alpha value is -1.42. The van der Waals surface area contributed by atoms with Crippen LogP contribution in [0.3, 0.4) is 0 Å². The fourth-order valence-corrected chi connectivity index (χ4v) is 1.93. The molecule has 104 valence electrons. The number of carbonyl (C=O) groups is 1. The molecule has 0 atom stereocenters. The number of rotatable bonds is 7. The summed E-state index contributed by atoms with van der Waals surface area (Å²) < 4.78 is 0. The van der Waals surface area contributed by atoms with Crippen molar-refractivity contribution >= 4 is 5.91 Å². The number of carbonyl (C=O) groups excluding carboxylic acids is 1. The largest absolute Gasteiger partial charge is 0.353 e. The van der Waals surface area contributed by atoms with Gasteiger partial charge in [0.2, 0.25) is 5.91 Å². The number of aromatic nitrogens is 1. The molecule has 1 fully saturated rings. The number of nitrogens with one attached hydrogen (secondary N) is 1. The summed E-state index contributed by atoms with van der Waals surface area (Å²) >= 11 is 0. The van der Waals surface area contributed by atoms with Crippen LogP contribution in [0.15, 0.2) is 18.3 Å². The number of aryl methyl sites for hydroxylation is 1. The predicted molar refractivity (Wildman–Crippen MR) is 75.7 cm³/mol. The van der Waals surface area contributed by atoms with Gasteiger partial charge < -0.3 is 10.2 Å². The van der Waals surface area contributed by atoms with Crippen molar-refractivity contribution in [3.05, 3.63) is 29.6 Å². The van der Waals surface area contributed by atoms with E-state index >= 15 is 0 Å². The van der Waals surface area contributed by atoms with Gasteiger partial charge in [-0.3, -0.25) is 9.78 Å². The first-order chi connectivity index (χ1) is 9.17. The summed E-state index contributed by atoms with van der Waals surface area (Å²) in [5.41, 5.74) is 2.32. The minimum atomic E-state index is 0.170. The monoisotopic (exact) mass is 261 g/mol. The molecule has 4 nitrogen and oxygen atoms in total. The molecule has 1 aliphatic carbocycles. The Morgan fingerprint density at radius 1 is 1.47 bits per heavy atom. The van der Waals surface area contributed by atoms with Crippen molar-refractivity contribution in [2.45, 2.75) is 45.2 Å². The van der Waals surface area contributed by atoms with Crippen LogP contribution in [0.25, 0.3) is 0 Å². The normalized spacial score (nSPS) is 14.7. The van der Waals surface area contributed by atoms with Crippen molar-refractivity contribution in [3.63, 3.8) is 0 Å². The van der Waals surface area contributed by atoms with Crippen molar-refractivity contribution in [2.75, 3.05) is 13.6 Å². The van der Waals surface area contributed by atoms with E-state index in [1.165, 1.54) is 5.56 Å². The summed E-state index contributed by atoms with van der Waals surface area (Å²) in [5, 5.41) is 3.01. The second kappa shape index (κ2) is 6.66. The molecule has 0 saturated heterocycles. The lowest BCUT2D eigenvalue weighted by Gasteiger charge is -2.16. The van der Waals surface area contributed by atoms with E-state index in [0.29, 0.717) is 12.5 Å². The first kappa shape index (κ1) is 14.0. The molecule has 2 rings (SSSR count). The van der Waals surface area contributed by atoms with E-state index in [1.807, 2.05) is 13.2 Å². The highest BCUT2D eigenvalue weighted by Gasteiger charge is 2.22. The van der Waals surface area contributed by atoms with Crippen LogP contribution in [-0.2, 0) is 17.8 Å². The zero-order chi connectivity index (χ0) is 13.7. The summed E-state index contributed by atoms with van der Waals surface area (Å²) in [5.74, 6) is 0.170. The van der Waals surface area contributed by atoms with Crippen LogP contribution < -0.4 is 5.32 Å². The number of amides is 1. The number of pyridine rings is 1.